The first-order chi connectivity index (χ1) is 11.5. The van der Waals surface area contributed by atoms with Crippen LogP contribution in [0.5, 0.6) is 0 Å². The molecule has 128 valence electrons. The third-order valence-electron chi connectivity index (χ3n) is 4.44. The number of carbonyl (C=O) groups excluding carboxylic acids is 1. The fourth-order valence-corrected chi connectivity index (χ4v) is 4.68. The normalized spacial score (nSPS) is 18.5. The van der Waals surface area contributed by atoms with E-state index < -0.39 is 5.67 Å². The molecule has 0 atom stereocenters. The van der Waals surface area contributed by atoms with Crippen LogP contribution in [-0.4, -0.2) is 28.0 Å². The molecule has 3 heterocycles. The molecule has 2 aliphatic rings. The Morgan fingerprint density at radius 2 is 2.29 bits per heavy atom. The highest BCUT2D eigenvalue weighted by molar-refractivity contribution is 7.12. The molecule has 0 aromatic carbocycles. The molecule has 0 spiro atoms. The fourth-order valence-electron chi connectivity index (χ4n) is 2.98. The smallest absolute Gasteiger partial charge is 0.260 e. The monoisotopic (exact) mass is 366 g/mol. The number of aryl methyl sites for hydroxylation is 1. The lowest BCUT2D eigenvalue weighted by Gasteiger charge is -2.28. The molecule has 2 aromatic heterocycles. The number of halogens is 1. The highest BCUT2D eigenvalue weighted by atomic mass is 32.1. The molecule has 1 aliphatic carbocycles. The van der Waals surface area contributed by atoms with Crippen molar-refractivity contribution in [2.45, 2.75) is 51.6 Å². The van der Waals surface area contributed by atoms with E-state index in [1.807, 2.05) is 12.3 Å². The number of thiophene rings is 1. The summed E-state index contributed by atoms with van der Waals surface area (Å²) in [5.74, 6) is -0.323. The minimum absolute atomic E-state index is 0.323. The first-order valence-electron chi connectivity index (χ1n) is 8.11. The topological polar surface area (TPSA) is 42.4 Å². The molecule has 0 radical (unpaired) electrons. The zero-order chi connectivity index (χ0) is 16.7. The van der Waals surface area contributed by atoms with Crippen LogP contribution in [-0.2, 0) is 35.7 Å². The number of aromatic nitrogens is 1. The van der Waals surface area contributed by atoms with Gasteiger partial charge in [0.25, 0.3) is 5.91 Å². The van der Waals surface area contributed by atoms with Crippen molar-refractivity contribution in [3.8, 4) is 0 Å². The van der Waals surface area contributed by atoms with Crippen molar-refractivity contribution in [3.63, 3.8) is 0 Å². The van der Waals surface area contributed by atoms with Gasteiger partial charge in [0.1, 0.15) is 0 Å². The SMILES string of the molecule is Cc1nc(COCc2cc3c(s2)CCN(C(=O)C2(F)CC2)C3)cs1. The quantitative estimate of drug-likeness (QED) is 0.812. The van der Waals surface area contributed by atoms with Crippen LogP contribution in [0.3, 0.4) is 0 Å². The predicted molar refractivity (Wildman–Crippen MR) is 91.9 cm³/mol. The summed E-state index contributed by atoms with van der Waals surface area (Å²) >= 11 is 3.36. The number of hydrogen-bond donors (Lipinski definition) is 0. The Kier molecular flexibility index (Phi) is 4.18. The zero-order valence-electron chi connectivity index (χ0n) is 13.5. The molecule has 1 fully saturated rings. The number of fused-ring (bicyclic) bond motifs is 1. The maximum Gasteiger partial charge on any atom is 0.260 e. The van der Waals surface area contributed by atoms with Gasteiger partial charge < -0.3 is 9.64 Å². The van der Waals surface area contributed by atoms with Crippen molar-refractivity contribution < 1.29 is 13.9 Å². The van der Waals surface area contributed by atoms with Crippen molar-refractivity contribution in [2.24, 2.45) is 0 Å². The molecule has 0 bridgehead atoms. The van der Waals surface area contributed by atoms with Gasteiger partial charge in [-0.1, -0.05) is 0 Å². The molecule has 1 saturated carbocycles. The van der Waals surface area contributed by atoms with Crippen LogP contribution < -0.4 is 0 Å². The van der Waals surface area contributed by atoms with Gasteiger partial charge in [-0.3, -0.25) is 4.79 Å². The number of alkyl halides is 1. The molecular weight excluding hydrogens is 347 g/mol. The number of carbonyl (C=O) groups is 1. The van der Waals surface area contributed by atoms with Gasteiger partial charge in [0.15, 0.2) is 5.67 Å². The first kappa shape index (κ1) is 16.2. The minimum atomic E-state index is -1.56. The molecule has 1 amide bonds. The summed E-state index contributed by atoms with van der Waals surface area (Å²) in [6, 6.07) is 2.10. The van der Waals surface area contributed by atoms with E-state index in [0.717, 1.165) is 27.6 Å². The van der Waals surface area contributed by atoms with Gasteiger partial charge in [0.2, 0.25) is 0 Å². The zero-order valence-corrected chi connectivity index (χ0v) is 15.1. The molecule has 24 heavy (non-hydrogen) atoms. The maximum atomic E-state index is 14.0. The Bertz CT molecular complexity index is 766. The van der Waals surface area contributed by atoms with Crippen LogP contribution in [0.15, 0.2) is 11.4 Å². The van der Waals surface area contributed by atoms with E-state index in [2.05, 4.69) is 11.1 Å². The van der Waals surface area contributed by atoms with Gasteiger partial charge in [0.05, 0.1) is 23.9 Å². The van der Waals surface area contributed by atoms with Crippen molar-refractivity contribution in [1.29, 1.82) is 0 Å². The standard InChI is InChI=1S/C17H19FN2O2S2/c1-11-19-13(10-23-11)8-22-9-14-6-12-7-20(5-2-15(12)24-14)16(21)17(18)3-4-17/h6,10H,2-5,7-9H2,1H3. The minimum Gasteiger partial charge on any atom is -0.370 e. The third kappa shape index (κ3) is 3.25. The number of thiazole rings is 1. The van der Waals surface area contributed by atoms with E-state index in [9.17, 15) is 9.18 Å². The van der Waals surface area contributed by atoms with Gasteiger partial charge in [-0.15, -0.1) is 22.7 Å². The third-order valence-corrected chi connectivity index (χ3v) is 6.47. The molecule has 2 aromatic rings. The van der Waals surface area contributed by atoms with Gasteiger partial charge >= 0.3 is 0 Å². The number of amides is 1. The number of nitrogens with zero attached hydrogens (tertiary/aromatic N) is 2. The second kappa shape index (κ2) is 6.20. The number of ether oxygens (including phenoxy) is 1. The van der Waals surface area contributed by atoms with Gasteiger partial charge in [-0.25, -0.2) is 9.37 Å². The van der Waals surface area contributed by atoms with Crippen LogP contribution in [0, 0.1) is 6.92 Å². The molecule has 7 heteroatoms. The molecule has 0 unspecified atom stereocenters. The average Bonchev–Trinajstić information content (AvgIpc) is 3.00. The predicted octanol–water partition coefficient (Wildman–Crippen LogP) is 3.62. The summed E-state index contributed by atoms with van der Waals surface area (Å²) in [6.45, 7) is 4.20. The van der Waals surface area contributed by atoms with E-state index in [1.54, 1.807) is 27.6 Å². The average molecular weight is 366 g/mol. The summed E-state index contributed by atoms with van der Waals surface area (Å²) in [5.41, 5.74) is 0.547. The van der Waals surface area contributed by atoms with Gasteiger partial charge in [0, 0.05) is 28.2 Å². The van der Waals surface area contributed by atoms with Crippen LogP contribution >= 0.6 is 22.7 Å². The van der Waals surface area contributed by atoms with Crippen molar-refractivity contribution in [2.75, 3.05) is 6.54 Å². The van der Waals surface area contributed by atoms with Crippen LogP contribution in [0.4, 0.5) is 4.39 Å². The molecule has 0 N–H and O–H groups in total. The van der Waals surface area contributed by atoms with Gasteiger partial charge in [-0.2, -0.15) is 0 Å². The lowest BCUT2D eigenvalue weighted by atomic mass is 10.1. The Labute approximate surface area is 148 Å². The Balaban J connectivity index is 1.35. The van der Waals surface area contributed by atoms with Crippen molar-refractivity contribution in [1.82, 2.24) is 9.88 Å². The molecule has 4 nitrogen and oxygen atoms in total. The van der Waals surface area contributed by atoms with Crippen molar-refractivity contribution in [3.05, 3.63) is 37.5 Å². The van der Waals surface area contributed by atoms with E-state index in [0.29, 0.717) is 39.1 Å². The molecule has 1 aliphatic heterocycles. The number of rotatable bonds is 5. The Morgan fingerprint density at radius 1 is 1.46 bits per heavy atom. The maximum absolute atomic E-state index is 14.0. The van der Waals surface area contributed by atoms with Crippen molar-refractivity contribution >= 4 is 28.6 Å². The van der Waals surface area contributed by atoms with Crippen LogP contribution in [0.25, 0.3) is 0 Å². The largest absolute Gasteiger partial charge is 0.370 e. The highest BCUT2D eigenvalue weighted by Gasteiger charge is 2.53. The molecular formula is C17H19FN2O2S2. The summed E-state index contributed by atoms with van der Waals surface area (Å²) in [7, 11) is 0. The van der Waals surface area contributed by atoms with Crippen LogP contribution in [0.2, 0.25) is 0 Å². The molecule has 4 rings (SSSR count). The first-order valence-corrected chi connectivity index (χ1v) is 9.81. The summed E-state index contributed by atoms with van der Waals surface area (Å²) < 4.78 is 19.7. The summed E-state index contributed by atoms with van der Waals surface area (Å²) in [5, 5.41) is 3.06. The van der Waals surface area contributed by atoms with E-state index in [1.165, 1.54) is 4.88 Å². The van der Waals surface area contributed by atoms with Gasteiger partial charge in [-0.05, 0) is 37.8 Å². The second-order valence-electron chi connectivity index (χ2n) is 6.45. The lowest BCUT2D eigenvalue weighted by molar-refractivity contribution is -0.139. The van der Waals surface area contributed by atoms with E-state index in [4.69, 9.17) is 4.74 Å². The Hall–Kier alpha value is -1.31. The summed E-state index contributed by atoms with van der Waals surface area (Å²) in [6.07, 6.45) is 1.58. The summed E-state index contributed by atoms with van der Waals surface area (Å²) in [4.78, 5) is 20.7. The lowest BCUT2D eigenvalue weighted by Crippen LogP contribution is -2.41. The van der Waals surface area contributed by atoms with Crippen LogP contribution in [0.1, 0.15) is 38.9 Å². The number of hydrogen-bond acceptors (Lipinski definition) is 5. The second-order valence-corrected chi connectivity index (χ2v) is 8.74. The van der Waals surface area contributed by atoms with E-state index in [-0.39, 0.29) is 5.91 Å². The Morgan fingerprint density at radius 3 is 3.00 bits per heavy atom. The fraction of sp³-hybridized carbons (Fsp3) is 0.529. The highest BCUT2D eigenvalue weighted by Crippen LogP contribution is 2.42. The molecule has 0 saturated heterocycles. The van der Waals surface area contributed by atoms with E-state index >= 15 is 0 Å².